The van der Waals surface area contributed by atoms with Crippen molar-refractivity contribution in [3.63, 3.8) is 0 Å². The van der Waals surface area contributed by atoms with Gasteiger partial charge in [0, 0.05) is 0 Å². The Kier molecular flexibility index (Phi) is 3.18. The molecule has 0 saturated heterocycles. The van der Waals surface area contributed by atoms with Crippen LogP contribution in [-0.2, 0) is 9.53 Å². The van der Waals surface area contributed by atoms with Crippen LogP contribution >= 0.6 is 11.6 Å². The molecule has 0 radical (unpaired) electrons. The van der Waals surface area contributed by atoms with E-state index in [1.165, 1.54) is 0 Å². The summed E-state index contributed by atoms with van der Waals surface area (Å²) in [6, 6.07) is -0.0119. The topological polar surface area (TPSA) is 26.3 Å². The molecule has 0 aromatic carbocycles. The van der Waals surface area contributed by atoms with Gasteiger partial charge in [-0.2, -0.15) is 0 Å². The van der Waals surface area contributed by atoms with Crippen molar-refractivity contribution in [2.75, 3.05) is 6.07 Å². The third-order valence-electron chi connectivity index (χ3n) is 2.36. The molecule has 2 atom stereocenters. The Hall–Kier alpha value is -0.240. The zero-order valence-corrected chi connectivity index (χ0v) is 7.43. The van der Waals surface area contributed by atoms with E-state index in [4.69, 9.17) is 16.3 Å². The van der Waals surface area contributed by atoms with Gasteiger partial charge in [-0.15, -0.1) is 0 Å². The maximum Gasteiger partial charge on any atom is 0.310 e. The quantitative estimate of drug-likeness (QED) is 0.476. The molecule has 0 spiro atoms. The first-order valence-electron chi connectivity index (χ1n) is 3.98. The summed E-state index contributed by atoms with van der Waals surface area (Å²) in [5, 5.41) is 0. The third-order valence-corrected chi connectivity index (χ3v) is 2.47. The van der Waals surface area contributed by atoms with Crippen LogP contribution in [0, 0.1) is 11.8 Å². The first kappa shape index (κ1) is 8.85. The average molecular weight is 177 g/mol. The molecule has 0 bridgehead atoms. The summed E-state index contributed by atoms with van der Waals surface area (Å²) >= 11 is 5.28. The van der Waals surface area contributed by atoms with Crippen molar-refractivity contribution in [1.29, 1.82) is 0 Å². The van der Waals surface area contributed by atoms with Crippen molar-refractivity contribution < 1.29 is 9.53 Å². The molecule has 1 fully saturated rings. The minimum absolute atomic E-state index is 0.0119. The Bertz CT molecular complexity index is 147. The van der Waals surface area contributed by atoms with Gasteiger partial charge >= 0.3 is 5.97 Å². The number of carbonyl (C=O) groups is 1. The van der Waals surface area contributed by atoms with Crippen LogP contribution in [0.1, 0.15) is 26.2 Å². The van der Waals surface area contributed by atoms with E-state index in [0.29, 0.717) is 5.92 Å². The molecular weight excluding hydrogens is 164 g/mol. The van der Waals surface area contributed by atoms with Crippen LogP contribution in [0.5, 0.6) is 0 Å². The molecule has 0 N–H and O–H groups in total. The molecule has 0 aliphatic heterocycles. The van der Waals surface area contributed by atoms with Crippen LogP contribution in [0.4, 0.5) is 0 Å². The highest BCUT2D eigenvalue weighted by Crippen LogP contribution is 2.31. The normalized spacial score (nSPS) is 30.4. The molecule has 1 aliphatic carbocycles. The molecular formula is C8H13ClO2. The van der Waals surface area contributed by atoms with Gasteiger partial charge in [-0.1, -0.05) is 24.9 Å². The van der Waals surface area contributed by atoms with Crippen LogP contribution in [0.2, 0.25) is 0 Å². The van der Waals surface area contributed by atoms with Crippen LogP contribution in [-0.4, -0.2) is 12.0 Å². The van der Waals surface area contributed by atoms with Crippen molar-refractivity contribution in [2.24, 2.45) is 11.8 Å². The molecule has 1 rings (SSSR count). The zero-order valence-electron chi connectivity index (χ0n) is 6.68. The molecule has 0 amide bonds. The van der Waals surface area contributed by atoms with Gasteiger partial charge in [-0.3, -0.25) is 4.79 Å². The summed E-state index contributed by atoms with van der Waals surface area (Å²) in [6.07, 6.45) is 3.25. The second-order valence-corrected chi connectivity index (χ2v) is 3.31. The Balaban J connectivity index is 2.39. The second kappa shape index (κ2) is 3.96. The second-order valence-electron chi connectivity index (χ2n) is 3.09. The van der Waals surface area contributed by atoms with E-state index in [2.05, 4.69) is 6.92 Å². The van der Waals surface area contributed by atoms with E-state index in [0.717, 1.165) is 19.3 Å². The summed E-state index contributed by atoms with van der Waals surface area (Å²) in [5.74, 6) is 0.462. The zero-order chi connectivity index (χ0) is 8.27. The number of alkyl halides is 1. The number of esters is 1. The van der Waals surface area contributed by atoms with Crippen LogP contribution in [0.25, 0.3) is 0 Å². The number of ether oxygens (including phenoxy) is 1. The van der Waals surface area contributed by atoms with Crippen molar-refractivity contribution in [2.45, 2.75) is 26.2 Å². The molecule has 3 heteroatoms. The van der Waals surface area contributed by atoms with Gasteiger partial charge in [0.2, 0.25) is 0 Å². The lowest BCUT2D eigenvalue weighted by Crippen LogP contribution is -2.19. The monoisotopic (exact) mass is 176 g/mol. The lowest BCUT2D eigenvalue weighted by molar-refractivity contribution is -0.147. The fourth-order valence-electron chi connectivity index (χ4n) is 1.66. The van der Waals surface area contributed by atoms with E-state index in [1.807, 2.05) is 0 Å². The Morgan fingerprint density at radius 2 is 2.36 bits per heavy atom. The molecule has 1 saturated carbocycles. The molecule has 11 heavy (non-hydrogen) atoms. The van der Waals surface area contributed by atoms with Crippen molar-refractivity contribution in [1.82, 2.24) is 0 Å². The first-order valence-corrected chi connectivity index (χ1v) is 4.51. The summed E-state index contributed by atoms with van der Waals surface area (Å²) < 4.78 is 4.72. The standard InChI is InChI=1S/C8H13ClO2/c1-6-3-2-4-7(6)8(10)11-5-9/h6-7H,2-5H2,1H3/t6-,7?/m1/s1. The molecule has 1 aliphatic rings. The van der Waals surface area contributed by atoms with E-state index in [-0.39, 0.29) is 18.0 Å². The summed E-state index contributed by atoms with van der Waals surface area (Å²) in [6.45, 7) is 2.09. The predicted molar refractivity (Wildman–Crippen MR) is 43.3 cm³/mol. The van der Waals surface area contributed by atoms with Gasteiger partial charge in [-0.05, 0) is 18.8 Å². The number of hydrogen-bond acceptors (Lipinski definition) is 2. The number of hydrogen-bond donors (Lipinski definition) is 0. The molecule has 0 aromatic heterocycles. The highest BCUT2D eigenvalue weighted by atomic mass is 35.5. The Labute approximate surface area is 71.9 Å². The van der Waals surface area contributed by atoms with Crippen LogP contribution in [0.3, 0.4) is 0 Å². The van der Waals surface area contributed by atoms with Crippen LogP contribution in [0.15, 0.2) is 0 Å². The van der Waals surface area contributed by atoms with Gasteiger partial charge in [-0.25, -0.2) is 0 Å². The third kappa shape index (κ3) is 2.09. The number of halogens is 1. The average Bonchev–Trinajstić information content (AvgIpc) is 2.36. The molecule has 0 aromatic rings. The fraction of sp³-hybridized carbons (Fsp3) is 0.875. The van der Waals surface area contributed by atoms with Gasteiger partial charge in [0.05, 0.1) is 5.92 Å². The minimum Gasteiger partial charge on any atom is -0.449 e. The van der Waals surface area contributed by atoms with Crippen molar-refractivity contribution >= 4 is 17.6 Å². The maximum absolute atomic E-state index is 11.1. The number of carbonyl (C=O) groups excluding carboxylic acids is 1. The largest absolute Gasteiger partial charge is 0.449 e. The SMILES string of the molecule is C[C@@H]1CCCC1C(=O)OCCl. The highest BCUT2D eigenvalue weighted by molar-refractivity contribution is 6.17. The summed E-state index contributed by atoms with van der Waals surface area (Å²) in [5.41, 5.74) is 0. The molecule has 0 heterocycles. The number of rotatable bonds is 2. The highest BCUT2D eigenvalue weighted by Gasteiger charge is 2.30. The van der Waals surface area contributed by atoms with E-state index in [1.54, 1.807) is 0 Å². The van der Waals surface area contributed by atoms with E-state index in [9.17, 15) is 4.79 Å². The first-order chi connectivity index (χ1) is 5.25. The summed E-state index contributed by atoms with van der Waals surface area (Å²) in [4.78, 5) is 11.1. The fourth-order valence-corrected chi connectivity index (χ4v) is 1.76. The van der Waals surface area contributed by atoms with Crippen LogP contribution < -0.4 is 0 Å². The lowest BCUT2D eigenvalue weighted by Gasteiger charge is -2.12. The lowest BCUT2D eigenvalue weighted by atomic mass is 9.99. The predicted octanol–water partition coefficient (Wildman–Crippen LogP) is 2.16. The Morgan fingerprint density at radius 1 is 1.64 bits per heavy atom. The minimum atomic E-state index is -0.120. The maximum atomic E-state index is 11.1. The van der Waals surface area contributed by atoms with Crippen molar-refractivity contribution in [3.8, 4) is 0 Å². The molecule has 1 unspecified atom stereocenters. The van der Waals surface area contributed by atoms with Gasteiger partial charge in [0.15, 0.2) is 6.07 Å². The van der Waals surface area contributed by atoms with Crippen molar-refractivity contribution in [3.05, 3.63) is 0 Å². The van der Waals surface area contributed by atoms with Gasteiger partial charge < -0.3 is 4.74 Å². The molecule has 2 nitrogen and oxygen atoms in total. The smallest absolute Gasteiger partial charge is 0.310 e. The van der Waals surface area contributed by atoms with E-state index >= 15 is 0 Å². The Morgan fingerprint density at radius 3 is 2.82 bits per heavy atom. The van der Waals surface area contributed by atoms with E-state index < -0.39 is 0 Å². The van der Waals surface area contributed by atoms with Gasteiger partial charge in [0.1, 0.15) is 0 Å². The summed E-state index contributed by atoms with van der Waals surface area (Å²) in [7, 11) is 0. The molecule has 64 valence electrons. The van der Waals surface area contributed by atoms with Gasteiger partial charge in [0.25, 0.3) is 0 Å².